The Labute approximate surface area is 130 Å². The van der Waals surface area contributed by atoms with Gasteiger partial charge in [-0.25, -0.2) is 0 Å². The van der Waals surface area contributed by atoms with Gasteiger partial charge in [0.1, 0.15) is 5.75 Å². The lowest BCUT2D eigenvalue weighted by Gasteiger charge is -2.30. The molecule has 2 N–H and O–H groups in total. The highest BCUT2D eigenvalue weighted by atomic mass is 79.9. The summed E-state index contributed by atoms with van der Waals surface area (Å²) in [5.41, 5.74) is 12.3. The summed E-state index contributed by atoms with van der Waals surface area (Å²) in [4.78, 5) is 0. The summed E-state index contributed by atoms with van der Waals surface area (Å²) in [6, 6.07) is 0.184. The van der Waals surface area contributed by atoms with Crippen LogP contribution in [0.3, 0.4) is 0 Å². The van der Waals surface area contributed by atoms with Gasteiger partial charge >= 0.3 is 0 Å². The maximum Gasteiger partial charge on any atom is 0.137 e. The van der Waals surface area contributed by atoms with E-state index >= 15 is 0 Å². The lowest BCUT2D eigenvalue weighted by Crippen LogP contribution is -2.33. The highest BCUT2D eigenvalue weighted by Crippen LogP contribution is 2.57. The summed E-state index contributed by atoms with van der Waals surface area (Å²) < 4.78 is 6.98. The number of benzene rings is 1. The zero-order valence-electron chi connectivity index (χ0n) is 12.7. The number of rotatable bonds is 3. The standard InChI is InChI=1S/C17H24BrNO/c1-10-12-6-4-5-7-13(12)15(18)16(20-3)14(10)17(8-9-17)11(2)19/h11H,4-9,19H2,1-3H3. The van der Waals surface area contributed by atoms with Crippen LogP contribution in [0.4, 0.5) is 0 Å². The third kappa shape index (κ3) is 1.93. The molecule has 1 aromatic carbocycles. The van der Waals surface area contributed by atoms with Gasteiger partial charge in [0.2, 0.25) is 0 Å². The topological polar surface area (TPSA) is 35.2 Å². The molecule has 3 heteroatoms. The molecule has 2 nitrogen and oxygen atoms in total. The highest BCUT2D eigenvalue weighted by molar-refractivity contribution is 9.10. The Morgan fingerprint density at radius 2 is 1.80 bits per heavy atom. The van der Waals surface area contributed by atoms with E-state index in [1.807, 2.05) is 0 Å². The monoisotopic (exact) mass is 337 g/mol. The van der Waals surface area contributed by atoms with Crippen molar-refractivity contribution in [2.24, 2.45) is 5.73 Å². The van der Waals surface area contributed by atoms with E-state index in [0.29, 0.717) is 0 Å². The van der Waals surface area contributed by atoms with E-state index in [2.05, 4.69) is 29.8 Å². The minimum atomic E-state index is 0.143. The normalized spacial score (nSPS) is 21.2. The summed E-state index contributed by atoms with van der Waals surface area (Å²) in [5.74, 6) is 1.04. The summed E-state index contributed by atoms with van der Waals surface area (Å²) in [6.45, 7) is 4.41. The van der Waals surface area contributed by atoms with Crippen molar-refractivity contribution in [1.82, 2.24) is 0 Å². The third-order valence-corrected chi connectivity index (χ3v) is 6.19. The van der Waals surface area contributed by atoms with Gasteiger partial charge in [-0.05, 0) is 85.0 Å². The van der Waals surface area contributed by atoms with Gasteiger partial charge in [0, 0.05) is 17.0 Å². The number of nitrogens with two attached hydrogens (primary N) is 1. The van der Waals surface area contributed by atoms with Gasteiger partial charge in [-0.3, -0.25) is 0 Å². The molecule has 2 aliphatic rings. The first kappa shape index (κ1) is 14.4. The molecule has 0 spiro atoms. The van der Waals surface area contributed by atoms with E-state index < -0.39 is 0 Å². The molecule has 0 heterocycles. The van der Waals surface area contributed by atoms with Crippen molar-refractivity contribution < 1.29 is 4.74 Å². The van der Waals surface area contributed by atoms with Crippen molar-refractivity contribution >= 4 is 15.9 Å². The Morgan fingerprint density at radius 1 is 1.20 bits per heavy atom. The van der Waals surface area contributed by atoms with Crippen molar-refractivity contribution in [3.8, 4) is 5.75 Å². The Hall–Kier alpha value is -0.540. The van der Waals surface area contributed by atoms with Crippen molar-refractivity contribution in [2.45, 2.75) is 63.8 Å². The summed E-state index contributed by atoms with van der Waals surface area (Å²) in [5, 5.41) is 0. The largest absolute Gasteiger partial charge is 0.495 e. The van der Waals surface area contributed by atoms with E-state index in [9.17, 15) is 0 Å². The summed E-state index contributed by atoms with van der Waals surface area (Å²) in [6.07, 6.45) is 7.33. The Morgan fingerprint density at radius 3 is 2.30 bits per heavy atom. The first-order valence-electron chi connectivity index (χ1n) is 7.66. The maximum atomic E-state index is 6.31. The molecular weight excluding hydrogens is 314 g/mol. The van der Waals surface area contributed by atoms with Crippen LogP contribution in [0.1, 0.15) is 54.9 Å². The van der Waals surface area contributed by atoms with Crippen LogP contribution in [0.25, 0.3) is 0 Å². The molecule has 110 valence electrons. The zero-order chi connectivity index (χ0) is 14.5. The molecule has 20 heavy (non-hydrogen) atoms. The summed E-state index contributed by atoms with van der Waals surface area (Å²) >= 11 is 3.82. The van der Waals surface area contributed by atoms with Crippen LogP contribution in [-0.2, 0) is 18.3 Å². The second-order valence-electron chi connectivity index (χ2n) is 6.46. The number of methoxy groups -OCH3 is 1. The van der Waals surface area contributed by atoms with Gasteiger partial charge in [-0.15, -0.1) is 0 Å². The molecule has 1 atom stereocenters. The molecule has 1 unspecified atom stereocenters. The van der Waals surface area contributed by atoms with Crippen LogP contribution in [0.2, 0.25) is 0 Å². The van der Waals surface area contributed by atoms with Gasteiger partial charge in [-0.1, -0.05) is 0 Å². The van der Waals surface area contributed by atoms with E-state index in [-0.39, 0.29) is 11.5 Å². The van der Waals surface area contributed by atoms with Crippen LogP contribution < -0.4 is 10.5 Å². The molecule has 1 saturated carbocycles. The number of halogens is 1. The fraction of sp³-hybridized carbons (Fsp3) is 0.647. The smallest absolute Gasteiger partial charge is 0.137 e. The second kappa shape index (κ2) is 5.03. The van der Waals surface area contributed by atoms with Crippen LogP contribution in [0.15, 0.2) is 4.47 Å². The molecule has 0 aliphatic heterocycles. The number of hydrogen-bond donors (Lipinski definition) is 1. The van der Waals surface area contributed by atoms with Crippen LogP contribution in [-0.4, -0.2) is 13.2 Å². The fourth-order valence-electron chi connectivity index (χ4n) is 3.99. The second-order valence-corrected chi connectivity index (χ2v) is 7.25. The number of ether oxygens (including phenoxy) is 1. The zero-order valence-corrected chi connectivity index (χ0v) is 14.3. The molecular formula is C17H24BrNO. The predicted octanol–water partition coefficient (Wildman–Crippen LogP) is 4.02. The Balaban J connectivity index is 2.26. The molecule has 0 amide bonds. The SMILES string of the molecule is COc1c(Br)c2c(c(C)c1C1(C(C)N)CC1)CCCC2. The molecule has 0 bridgehead atoms. The third-order valence-electron chi connectivity index (χ3n) is 5.35. The average Bonchev–Trinajstić information content (AvgIpc) is 3.24. The quantitative estimate of drug-likeness (QED) is 0.903. The lowest BCUT2D eigenvalue weighted by molar-refractivity contribution is 0.393. The molecule has 1 fully saturated rings. The van der Waals surface area contributed by atoms with E-state index in [4.69, 9.17) is 10.5 Å². The summed E-state index contributed by atoms with van der Waals surface area (Å²) in [7, 11) is 1.79. The van der Waals surface area contributed by atoms with Gasteiger partial charge in [0.05, 0.1) is 11.6 Å². The first-order valence-corrected chi connectivity index (χ1v) is 8.46. The van der Waals surface area contributed by atoms with Crippen LogP contribution in [0, 0.1) is 6.92 Å². The van der Waals surface area contributed by atoms with E-state index in [1.165, 1.54) is 59.7 Å². The fourth-order valence-corrected chi connectivity index (χ4v) is 4.79. The molecule has 1 aromatic rings. The van der Waals surface area contributed by atoms with Gasteiger partial charge in [0.25, 0.3) is 0 Å². The van der Waals surface area contributed by atoms with Crippen LogP contribution >= 0.6 is 15.9 Å². The molecule has 0 saturated heterocycles. The van der Waals surface area contributed by atoms with Crippen molar-refractivity contribution in [2.75, 3.05) is 7.11 Å². The van der Waals surface area contributed by atoms with E-state index in [1.54, 1.807) is 12.7 Å². The number of hydrogen-bond acceptors (Lipinski definition) is 2. The highest BCUT2D eigenvalue weighted by Gasteiger charge is 2.51. The lowest BCUT2D eigenvalue weighted by atomic mass is 9.79. The van der Waals surface area contributed by atoms with E-state index in [0.717, 1.165) is 5.75 Å². The van der Waals surface area contributed by atoms with Crippen molar-refractivity contribution in [3.05, 3.63) is 26.7 Å². The predicted molar refractivity (Wildman–Crippen MR) is 86.6 cm³/mol. The minimum absolute atomic E-state index is 0.143. The average molecular weight is 338 g/mol. The van der Waals surface area contributed by atoms with Gasteiger partial charge in [-0.2, -0.15) is 0 Å². The van der Waals surface area contributed by atoms with Crippen LogP contribution in [0.5, 0.6) is 5.75 Å². The van der Waals surface area contributed by atoms with Crippen molar-refractivity contribution in [1.29, 1.82) is 0 Å². The first-order chi connectivity index (χ1) is 9.53. The Kier molecular flexibility index (Phi) is 3.62. The number of fused-ring (bicyclic) bond motifs is 1. The molecule has 2 aliphatic carbocycles. The molecule has 0 aromatic heterocycles. The molecule has 3 rings (SSSR count). The van der Waals surface area contributed by atoms with Gasteiger partial charge < -0.3 is 10.5 Å². The minimum Gasteiger partial charge on any atom is -0.495 e. The van der Waals surface area contributed by atoms with Crippen molar-refractivity contribution in [3.63, 3.8) is 0 Å². The maximum absolute atomic E-state index is 6.31. The van der Waals surface area contributed by atoms with Gasteiger partial charge in [0.15, 0.2) is 0 Å². The Bertz CT molecular complexity index is 547. The molecule has 0 radical (unpaired) electrons.